The van der Waals surface area contributed by atoms with E-state index in [0.29, 0.717) is 22.5 Å². The van der Waals surface area contributed by atoms with E-state index >= 15 is 0 Å². The van der Waals surface area contributed by atoms with Gasteiger partial charge in [0.1, 0.15) is 5.75 Å². The van der Waals surface area contributed by atoms with E-state index in [0.717, 1.165) is 47.3 Å². The Bertz CT molecular complexity index is 1420. The predicted molar refractivity (Wildman–Crippen MR) is 145 cm³/mol. The van der Waals surface area contributed by atoms with E-state index in [1.807, 2.05) is 35.4 Å². The minimum absolute atomic E-state index is 0.0211. The average molecular weight is 518 g/mol. The number of anilines is 1. The Labute approximate surface area is 220 Å². The molecule has 0 radical (unpaired) electrons. The van der Waals surface area contributed by atoms with Crippen LogP contribution in [0.25, 0.3) is 10.9 Å². The van der Waals surface area contributed by atoms with Crippen molar-refractivity contribution in [2.45, 2.75) is 58.1 Å². The van der Waals surface area contributed by atoms with Crippen molar-refractivity contribution in [1.29, 1.82) is 0 Å². The highest BCUT2D eigenvalue weighted by atomic mass is 32.1. The second-order valence-electron chi connectivity index (χ2n) is 9.49. The molecular weight excluding hydrogens is 486 g/mol. The number of hydrogen-bond acceptors (Lipinski definition) is 6. The number of rotatable bonds is 7. The van der Waals surface area contributed by atoms with Gasteiger partial charge >= 0.3 is 0 Å². The van der Waals surface area contributed by atoms with Gasteiger partial charge in [0.15, 0.2) is 5.13 Å². The Morgan fingerprint density at radius 3 is 2.68 bits per heavy atom. The molecule has 2 aromatic carbocycles. The summed E-state index contributed by atoms with van der Waals surface area (Å²) in [7, 11) is 1.57. The number of carbonyl (C=O) groups excluding carboxylic acids is 2. The van der Waals surface area contributed by atoms with Crippen LogP contribution >= 0.6 is 11.3 Å². The van der Waals surface area contributed by atoms with Crippen LogP contribution in [0.1, 0.15) is 59.3 Å². The van der Waals surface area contributed by atoms with Crippen LogP contribution in [0, 0.1) is 6.92 Å². The second-order valence-corrected chi connectivity index (χ2v) is 10.4. The average Bonchev–Trinajstić information content (AvgIpc) is 3.55. The third-order valence-electron chi connectivity index (χ3n) is 7.26. The zero-order valence-electron chi connectivity index (χ0n) is 21.1. The van der Waals surface area contributed by atoms with Gasteiger partial charge in [0.05, 0.1) is 25.7 Å². The number of methoxy groups -OCH3 is 1. The molecule has 0 atom stereocenters. The van der Waals surface area contributed by atoms with Gasteiger partial charge in [-0.15, -0.1) is 11.3 Å². The number of aliphatic hydroxyl groups is 1. The molecule has 4 aromatic rings. The number of thiazole rings is 1. The van der Waals surface area contributed by atoms with Crippen LogP contribution in [0.3, 0.4) is 0 Å². The van der Waals surface area contributed by atoms with Crippen LogP contribution in [-0.4, -0.2) is 39.6 Å². The maximum absolute atomic E-state index is 13.9. The second kappa shape index (κ2) is 10.9. The summed E-state index contributed by atoms with van der Waals surface area (Å²) < 4.78 is 6.99. The first-order chi connectivity index (χ1) is 18.0. The zero-order valence-corrected chi connectivity index (χ0v) is 22.0. The van der Waals surface area contributed by atoms with Crippen molar-refractivity contribution >= 4 is 39.2 Å². The fourth-order valence-corrected chi connectivity index (χ4v) is 6.11. The molecule has 1 fully saturated rings. The molecule has 37 heavy (non-hydrogen) atoms. The van der Waals surface area contributed by atoms with E-state index in [1.54, 1.807) is 42.1 Å². The first-order valence-electron chi connectivity index (χ1n) is 12.7. The monoisotopic (exact) mass is 517 g/mol. The van der Waals surface area contributed by atoms with Gasteiger partial charge in [0.25, 0.3) is 5.91 Å². The summed E-state index contributed by atoms with van der Waals surface area (Å²) in [6.45, 7) is 1.76. The van der Waals surface area contributed by atoms with E-state index in [-0.39, 0.29) is 30.9 Å². The number of ether oxygens (including phenoxy) is 1. The number of carbonyl (C=O) groups is 2. The Hall–Kier alpha value is -3.49. The molecule has 1 N–H and O–H groups in total. The van der Waals surface area contributed by atoms with Crippen LogP contribution in [0.5, 0.6) is 5.75 Å². The number of nitrogens with zero attached hydrogens (tertiary/aromatic N) is 3. The number of benzene rings is 2. The highest BCUT2D eigenvalue weighted by Gasteiger charge is 2.30. The molecule has 2 aromatic heterocycles. The molecule has 1 aliphatic rings. The van der Waals surface area contributed by atoms with E-state index < -0.39 is 0 Å². The largest absolute Gasteiger partial charge is 0.497 e. The quantitative estimate of drug-likeness (QED) is 0.350. The van der Waals surface area contributed by atoms with Crippen molar-refractivity contribution in [1.82, 2.24) is 9.55 Å². The highest BCUT2D eigenvalue weighted by Crippen LogP contribution is 2.33. The van der Waals surface area contributed by atoms with E-state index in [2.05, 4.69) is 4.98 Å². The van der Waals surface area contributed by atoms with Crippen molar-refractivity contribution in [3.63, 3.8) is 0 Å². The van der Waals surface area contributed by atoms with Crippen LogP contribution in [0.2, 0.25) is 0 Å². The summed E-state index contributed by atoms with van der Waals surface area (Å²) in [5, 5.41) is 13.2. The minimum atomic E-state index is -0.194. The standard InChI is InChI=1S/C29H31N3O4S/c1-19-24(17-27(34)32(29-30-13-14-37-29)22-8-4-3-5-9-22)25-15-20(18-33)11-12-26(25)31(19)28(35)21-7-6-10-23(16-21)36-2/h6-7,10-16,22,33H,3-5,8-9,17-18H2,1-2H3. The van der Waals surface area contributed by atoms with Crippen molar-refractivity contribution in [2.75, 3.05) is 12.0 Å². The molecule has 1 amide bonds. The Morgan fingerprint density at radius 2 is 1.97 bits per heavy atom. The number of aromatic nitrogens is 2. The molecule has 8 heteroatoms. The Kier molecular flexibility index (Phi) is 7.39. The number of fused-ring (bicyclic) bond motifs is 1. The van der Waals surface area contributed by atoms with Gasteiger partial charge < -0.3 is 9.84 Å². The van der Waals surface area contributed by atoms with Crippen molar-refractivity contribution in [2.24, 2.45) is 0 Å². The maximum Gasteiger partial charge on any atom is 0.262 e. The van der Waals surface area contributed by atoms with E-state index in [9.17, 15) is 14.7 Å². The summed E-state index contributed by atoms with van der Waals surface area (Å²) in [6.07, 6.45) is 7.22. The summed E-state index contributed by atoms with van der Waals surface area (Å²) in [4.78, 5) is 34.0. The molecule has 0 spiro atoms. The first-order valence-corrected chi connectivity index (χ1v) is 13.5. The van der Waals surface area contributed by atoms with Gasteiger partial charge in [-0.2, -0.15) is 0 Å². The predicted octanol–water partition coefficient (Wildman–Crippen LogP) is 5.50. The van der Waals surface area contributed by atoms with Crippen LogP contribution < -0.4 is 9.64 Å². The van der Waals surface area contributed by atoms with Crippen LogP contribution in [0.15, 0.2) is 54.0 Å². The highest BCUT2D eigenvalue weighted by molar-refractivity contribution is 7.13. The molecule has 0 bridgehead atoms. The third-order valence-corrected chi connectivity index (χ3v) is 8.03. The molecule has 1 aliphatic carbocycles. The summed E-state index contributed by atoms with van der Waals surface area (Å²) in [5.41, 5.74) is 3.45. The molecule has 0 unspecified atom stereocenters. The van der Waals surface area contributed by atoms with E-state index in [1.165, 1.54) is 17.8 Å². The number of hydrogen-bond donors (Lipinski definition) is 1. The topological polar surface area (TPSA) is 84.7 Å². The van der Waals surface area contributed by atoms with Crippen molar-refractivity contribution in [3.8, 4) is 5.75 Å². The van der Waals surface area contributed by atoms with Crippen LogP contribution in [0.4, 0.5) is 5.13 Å². The molecular formula is C29H31N3O4S. The summed E-state index contributed by atoms with van der Waals surface area (Å²) in [6, 6.07) is 12.7. The third kappa shape index (κ3) is 4.91. The lowest BCUT2D eigenvalue weighted by Gasteiger charge is -2.32. The molecule has 2 heterocycles. The fourth-order valence-electron chi connectivity index (χ4n) is 5.38. The molecule has 192 valence electrons. The molecule has 5 rings (SSSR count). The number of aliphatic hydroxyl groups excluding tert-OH is 1. The smallest absolute Gasteiger partial charge is 0.262 e. The van der Waals surface area contributed by atoms with Crippen molar-refractivity contribution in [3.05, 3.63) is 76.4 Å². The summed E-state index contributed by atoms with van der Waals surface area (Å²) in [5.74, 6) is 0.387. The Balaban J connectivity index is 1.58. The zero-order chi connectivity index (χ0) is 25.9. The van der Waals surface area contributed by atoms with Crippen molar-refractivity contribution < 1.29 is 19.4 Å². The normalized spacial score (nSPS) is 14.1. The summed E-state index contributed by atoms with van der Waals surface area (Å²) >= 11 is 1.48. The molecule has 1 saturated carbocycles. The van der Waals surface area contributed by atoms with Gasteiger partial charge in [0.2, 0.25) is 5.91 Å². The van der Waals surface area contributed by atoms with Gasteiger partial charge in [-0.05, 0) is 61.2 Å². The first kappa shape index (κ1) is 25.2. The Morgan fingerprint density at radius 1 is 1.16 bits per heavy atom. The number of amides is 1. The van der Waals surface area contributed by atoms with Gasteiger partial charge in [-0.1, -0.05) is 31.4 Å². The van der Waals surface area contributed by atoms with E-state index in [4.69, 9.17) is 4.74 Å². The molecule has 0 aliphatic heterocycles. The lowest BCUT2D eigenvalue weighted by molar-refractivity contribution is -0.118. The minimum Gasteiger partial charge on any atom is -0.497 e. The molecule has 0 saturated heterocycles. The maximum atomic E-state index is 13.9. The molecule has 7 nitrogen and oxygen atoms in total. The fraction of sp³-hybridized carbons (Fsp3) is 0.345. The van der Waals surface area contributed by atoms with Crippen LogP contribution in [-0.2, 0) is 17.8 Å². The van der Waals surface area contributed by atoms with Gasteiger partial charge in [0, 0.05) is 34.3 Å². The lowest BCUT2D eigenvalue weighted by Crippen LogP contribution is -2.42. The lowest BCUT2D eigenvalue weighted by atomic mass is 9.94. The van der Waals surface area contributed by atoms with Gasteiger partial charge in [-0.25, -0.2) is 4.98 Å². The van der Waals surface area contributed by atoms with Gasteiger partial charge in [-0.3, -0.25) is 19.1 Å². The SMILES string of the molecule is COc1cccc(C(=O)n2c(C)c(CC(=O)N(c3nccs3)C3CCCCC3)c3cc(CO)ccc32)c1.